The van der Waals surface area contributed by atoms with Crippen LogP contribution in [0.3, 0.4) is 0 Å². The molecule has 186 valence electrons. The van der Waals surface area contributed by atoms with Crippen molar-refractivity contribution in [1.29, 1.82) is 0 Å². The number of fused-ring (bicyclic) bond motifs is 1. The number of amides is 1. The second-order valence-electron chi connectivity index (χ2n) is 11.1. The zero-order valence-electron chi connectivity index (χ0n) is 20.2. The smallest absolute Gasteiger partial charge is 0.246 e. The standard InChI is InChI=1S/C28H34N2O5/c1-29(24(32)7-4-19-9-13-35-17-19)21-8-10-28(34)23-14-20-5-6-22(31)26(33)25(20)27(28,15-21)11-12-30(23)16-18-2-3-18/h4-7,9,13,17-18,21,23,31,33-34H,2-3,8,10-12,14-16H2,1H3/b7-4+. The van der Waals surface area contributed by atoms with Gasteiger partial charge in [-0.15, -0.1) is 0 Å². The van der Waals surface area contributed by atoms with Gasteiger partial charge in [0.15, 0.2) is 11.5 Å². The molecule has 2 saturated carbocycles. The number of piperidine rings is 1. The molecular weight excluding hydrogens is 444 g/mol. The van der Waals surface area contributed by atoms with Gasteiger partial charge in [-0.1, -0.05) is 6.07 Å². The van der Waals surface area contributed by atoms with Gasteiger partial charge in [0, 0.05) is 48.3 Å². The number of aromatic hydroxyl groups is 2. The van der Waals surface area contributed by atoms with Gasteiger partial charge in [-0.2, -0.15) is 0 Å². The summed E-state index contributed by atoms with van der Waals surface area (Å²) >= 11 is 0. The van der Waals surface area contributed by atoms with Crippen LogP contribution >= 0.6 is 0 Å². The lowest BCUT2D eigenvalue weighted by Gasteiger charge is -2.65. The highest BCUT2D eigenvalue weighted by atomic mass is 16.3. The van der Waals surface area contributed by atoms with Crippen molar-refractivity contribution in [2.75, 3.05) is 20.1 Å². The number of phenols is 2. The second-order valence-corrected chi connectivity index (χ2v) is 11.1. The molecule has 7 heteroatoms. The van der Waals surface area contributed by atoms with Crippen LogP contribution in [0.4, 0.5) is 0 Å². The summed E-state index contributed by atoms with van der Waals surface area (Å²) in [5.41, 5.74) is 0.813. The van der Waals surface area contributed by atoms with Gasteiger partial charge in [0.05, 0.1) is 18.1 Å². The molecule has 4 unspecified atom stereocenters. The van der Waals surface area contributed by atoms with Crippen LogP contribution in [0.2, 0.25) is 0 Å². The van der Waals surface area contributed by atoms with E-state index in [9.17, 15) is 20.1 Å². The third-order valence-corrected chi connectivity index (χ3v) is 9.27. The first-order valence-electron chi connectivity index (χ1n) is 12.8. The molecule has 3 fully saturated rings. The minimum atomic E-state index is -1.01. The normalized spacial score (nSPS) is 32.3. The predicted molar refractivity (Wildman–Crippen MR) is 131 cm³/mol. The molecule has 7 nitrogen and oxygen atoms in total. The molecule has 4 atom stereocenters. The number of furan rings is 1. The molecule has 1 aromatic carbocycles. The van der Waals surface area contributed by atoms with Gasteiger partial charge in [-0.3, -0.25) is 9.69 Å². The van der Waals surface area contributed by atoms with E-state index in [1.54, 1.807) is 41.7 Å². The fourth-order valence-corrected chi connectivity index (χ4v) is 7.20. The molecule has 1 saturated heterocycles. The average molecular weight is 479 g/mol. The van der Waals surface area contributed by atoms with Crippen molar-refractivity contribution >= 4 is 12.0 Å². The molecule has 2 bridgehead atoms. The monoisotopic (exact) mass is 478 g/mol. The lowest BCUT2D eigenvalue weighted by Crippen LogP contribution is -2.74. The molecular formula is C28H34N2O5. The highest BCUT2D eigenvalue weighted by Crippen LogP contribution is 2.61. The van der Waals surface area contributed by atoms with Gasteiger partial charge in [-0.05, 0) is 81.2 Å². The van der Waals surface area contributed by atoms with E-state index < -0.39 is 11.0 Å². The maximum absolute atomic E-state index is 13.0. The minimum absolute atomic E-state index is 0.0174. The van der Waals surface area contributed by atoms with E-state index in [4.69, 9.17) is 4.42 Å². The number of carbonyl (C=O) groups excluding carboxylic acids is 1. The van der Waals surface area contributed by atoms with Crippen molar-refractivity contribution in [3.05, 3.63) is 53.5 Å². The van der Waals surface area contributed by atoms with Crippen molar-refractivity contribution in [2.24, 2.45) is 5.92 Å². The third-order valence-electron chi connectivity index (χ3n) is 9.27. The highest BCUT2D eigenvalue weighted by molar-refractivity contribution is 5.91. The van der Waals surface area contributed by atoms with Crippen LogP contribution in [0.15, 0.2) is 41.2 Å². The Kier molecular flexibility index (Phi) is 5.27. The highest BCUT2D eigenvalue weighted by Gasteiger charge is 2.66. The summed E-state index contributed by atoms with van der Waals surface area (Å²) in [6, 6.07) is 5.17. The Bertz CT molecular complexity index is 1160. The summed E-state index contributed by atoms with van der Waals surface area (Å²) < 4.78 is 5.08. The number of benzene rings is 1. The number of hydrogen-bond donors (Lipinski definition) is 3. The molecule has 1 aliphatic heterocycles. The summed E-state index contributed by atoms with van der Waals surface area (Å²) in [5, 5.41) is 33.9. The van der Waals surface area contributed by atoms with Crippen LogP contribution in [0, 0.1) is 5.92 Å². The van der Waals surface area contributed by atoms with Gasteiger partial charge in [0.2, 0.25) is 5.91 Å². The van der Waals surface area contributed by atoms with E-state index in [1.807, 2.05) is 13.1 Å². The molecule has 1 amide bonds. The molecule has 3 N–H and O–H groups in total. The Hall–Kier alpha value is -2.77. The van der Waals surface area contributed by atoms with Gasteiger partial charge in [0.1, 0.15) is 0 Å². The van der Waals surface area contributed by atoms with Crippen molar-refractivity contribution in [1.82, 2.24) is 9.80 Å². The average Bonchev–Trinajstić information content (AvgIpc) is 3.51. The SMILES string of the molecule is CN(C(=O)/C=C/c1ccoc1)C1CCC2(O)C3Cc4ccc(O)c(O)c4C2(CCN3CC2CC2)C1. The van der Waals surface area contributed by atoms with Gasteiger partial charge in [-0.25, -0.2) is 0 Å². The van der Waals surface area contributed by atoms with E-state index in [0.29, 0.717) is 37.7 Å². The summed E-state index contributed by atoms with van der Waals surface area (Å²) in [7, 11) is 1.82. The summed E-state index contributed by atoms with van der Waals surface area (Å²) in [6.07, 6.45) is 12.2. The molecule has 6 rings (SSSR count). The molecule has 2 heterocycles. The zero-order valence-corrected chi connectivity index (χ0v) is 20.2. The Morgan fingerprint density at radius 3 is 2.80 bits per heavy atom. The van der Waals surface area contributed by atoms with Crippen molar-refractivity contribution < 1.29 is 24.5 Å². The van der Waals surface area contributed by atoms with Gasteiger partial charge in [0.25, 0.3) is 0 Å². The predicted octanol–water partition coefficient (Wildman–Crippen LogP) is 3.42. The molecule has 35 heavy (non-hydrogen) atoms. The molecule has 1 aromatic heterocycles. The number of aliphatic hydroxyl groups is 1. The molecule has 2 aromatic rings. The van der Waals surface area contributed by atoms with Crippen LogP contribution < -0.4 is 0 Å². The van der Waals surface area contributed by atoms with Crippen molar-refractivity contribution in [3.63, 3.8) is 0 Å². The largest absolute Gasteiger partial charge is 0.504 e. The van der Waals surface area contributed by atoms with Gasteiger partial charge >= 0.3 is 0 Å². The fraction of sp³-hybridized carbons (Fsp3) is 0.536. The fourth-order valence-electron chi connectivity index (χ4n) is 7.20. The van der Waals surface area contributed by atoms with E-state index in [-0.39, 0.29) is 29.5 Å². The van der Waals surface area contributed by atoms with Crippen molar-refractivity contribution in [3.8, 4) is 11.5 Å². The number of likely N-dealkylation sites (tertiary alicyclic amines) is 1. The molecule has 4 aliphatic rings. The Labute approximate surface area is 205 Å². The van der Waals surface area contributed by atoms with Gasteiger partial charge < -0.3 is 24.6 Å². The van der Waals surface area contributed by atoms with Crippen LogP contribution in [0.25, 0.3) is 6.08 Å². The van der Waals surface area contributed by atoms with Crippen LogP contribution in [0.1, 0.15) is 55.2 Å². The third kappa shape index (κ3) is 3.51. The topological polar surface area (TPSA) is 97.4 Å². The number of phenolic OH excluding ortho intramolecular Hbond substituents is 2. The van der Waals surface area contributed by atoms with Crippen molar-refractivity contribution in [2.45, 2.75) is 68.0 Å². The maximum atomic E-state index is 13.0. The Balaban J connectivity index is 1.35. The Morgan fingerprint density at radius 2 is 2.06 bits per heavy atom. The number of rotatable bonds is 5. The van der Waals surface area contributed by atoms with E-state index in [2.05, 4.69) is 4.90 Å². The first kappa shape index (κ1) is 22.7. The lowest BCUT2D eigenvalue weighted by atomic mass is 9.48. The summed E-state index contributed by atoms with van der Waals surface area (Å²) in [6.45, 7) is 1.87. The first-order valence-corrected chi connectivity index (χ1v) is 12.8. The summed E-state index contributed by atoms with van der Waals surface area (Å²) in [4.78, 5) is 17.3. The number of hydrogen-bond acceptors (Lipinski definition) is 6. The zero-order chi connectivity index (χ0) is 24.4. The molecule has 3 aliphatic carbocycles. The number of nitrogens with zero attached hydrogens (tertiary/aromatic N) is 2. The molecule has 0 radical (unpaired) electrons. The second kappa shape index (κ2) is 8.14. The lowest BCUT2D eigenvalue weighted by molar-refractivity contribution is -0.178. The van der Waals surface area contributed by atoms with Crippen LogP contribution in [-0.2, 0) is 16.6 Å². The van der Waals surface area contributed by atoms with Crippen LogP contribution in [-0.4, -0.2) is 68.8 Å². The quantitative estimate of drug-likeness (QED) is 0.450. The Morgan fingerprint density at radius 1 is 1.23 bits per heavy atom. The molecule has 0 spiro atoms. The van der Waals surface area contributed by atoms with Crippen LogP contribution in [0.5, 0.6) is 11.5 Å². The first-order chi connectivity index (χ1) is 16.8. The number of carbonyl (C=O) groups is 1. The van der Waals surface area contributed by atoms with E-state index >= 15 is 0 Å². The number of likely N-dealkylation sites (N-methyl/N-ethyl adjacent to an activating group) is 1. The minimum Gasteiger partial charge on any atom is -0.504 e. The maximum Gasteiger partial charge on any atom is 0.246 e. The van der Waals surface area contributed by atoms with E-state index in [0.717, 1.165) is 30.1 Å². The summed E-state index contributed by atoms with van der Waals surface area (Å²) in [5.74, 6) is 0.373. The van der Waals surface area contributed by atoms with E-state index in [1.165, 1.54) is 12.8 Å².